The van der Waals surface area contributed by atoms with Crippen molar-refractivity contribution in [3.63, 3.8) is 0 Å². The van der Waals surface area contributed by atoms with Crippen LogP contribution in [0.25, 0.3) is 0 Å². The lowest BCUT2D eigenvalue weighted by atomic mass is 10.1. The van der Waals surface area contributed by atoms with Gasteiger partial charge in [0.15, 0.2) is 0 Å². The number of carbonyl (C=O) groups is 2. The fourth-order valence-electron chi connectivity index (χ4n) is 1.99. The number of hydrogen-bond donors (Lipinski definition) is 3. The molecule has 102 valence electrons. The number of carbonyl (C=O) groups excluding carboxylic acids is 2. The third kappa shape index (κ3) is 3.67. The quantitative estimate of drug-likeness (QED) is 0.739. The number of piperidine rings is 1. The van der Waals surface area contributed by atoms with Crippen molar-refractivity contribution in [2.75, 3.05) is 18.4 Å². The van der Waals surface area contributed by atoms with Gasteiger partial charge in [0, 0.05) is 37.4 Å². The summed E-state index contributed by atoms with van der Waals surface area (Å²) in [7, 11) is 0. The highest BCUT2D eigenvalue weighted by molar-refractivity contribution is 5.93. The second-order valence-electron chi connectivity index (χ2n) is 4.47. The maximum atomic E-state index is 11.7. The van der Waals surface area contributed by atoms with E-state index in [4.69, 9.17) is 0 Å². The average Bonchev–Trinajstić information content (AvgIpc) is 2.42. The van der Waals surface area contributed by atoms with Crippen LogP contribution in [0.4, 0.5) is 5.69 Å². The second kappa shape index (κ2) is 6.17. The van der Waals surface area contributed by atoms with Crippen LogP contribution in [0, 0.1) is 0 Å². The Bertz CT molecular complexity index is 465. The van der Waals surface area contributed by atoms with Crippen molar-refractivity contribution in [1.82, 2.24) is 15.6 Å². The number of amides is 2. The number of anilines is 1. The van der Waals surface area contributed by atoms with Gasteiger partial charge in [-0.15, -0.1) is 0 Å². The summed E-state index contributed by atoms with van der Waals surface area (Å²) in [5, 5.41) is 8.83. The highest BCUT2D eigenvalue weighted by Gasteiger charge is 2.17. The van der Waals surface area contributed by atoms with Gasteiger partial charge in [-0.25, -0.2) is 0 Å². The summed E-state index contributed by atoms with van der Waals surface area (Å²) in [4.78, 5) is 26.8. The Morgan fingerprint density at radius 2 is 2.42 bits per heavy atom. The Morgan fingerprint density at radius 3 is 3.11 bits per heavy atom. The number of nitrogens with zero attached hydrogens (tertiary/aromatic N) is 1. The molecule has 0 saturated carbocycles. The summed E-state index contributed by atoms with van der Waals surface area (Å²) in [6.45, 7) is 3.05. The summed E-state index contributed by atoms with van der Waals surface area (Å²) in [5.41, 5.74) is 1.24. The van der Waals surface area contributed by atoms with Gasteiger partial charge >= 0.3 is 0 Å². The van der Waals surface area contributed by atoms with Gasteiger partial charge in [-0.05, 0) is 25.5 Å². The van der Waals surface area contributed by atoms with E-state index in [-0.39, 0.29) is 17.9 Å². The van der Waals surface area contributed by atoms with Crippen molar-refractivity contribution < 1.29 is 9.59 Å². The minimum Gasteiger partial charge on any atom is -0.380 e. The number of aromatic nitrogens is 1. The summed E-state index contributed by atoms with van der Waals surface area (Å²) >= 11 is 0. The number of pyridine rings is 1. The number of nitrogens with one attached hydrogen (secondary N) is 3. The molecule has 0 spiro atoms. The number of hydrogen-bond acceptors (Lipinski definition) is 4. The van der Waals surface area contributed by atoms with Crippen LogP contribution < -0.4 is 16.0 Å². The van der Waals surface area contributed by atoms with E-state index >= 15 is 0 Å². The van der Waals surface area contributed by atoms with E-state index in [2.05, 4.69) is 20.9 Å². The van der Waals surface area contributed by atoms with Crippen molar-refractivity contribution in [2.45, 2.75) is 25.8 Å². The molecule has 1 saturated heterocycles. The van der Waals surface area contributed by atoms with Crippen molar-refractivity contribution in [2.24, 2.45) is 0 Å². The average molecular weight is 262 g/mol. The van der Waals surface area contributed by atoms with Crippen LogP contribution in [0.3, 0.4) is 0 Å². The monoisotopic (exact) mass is 262 g/mol. The van der Waals surface area contributed by atoms with E-state index in [9.17, 15) is 9.59 Å². The largest absolute Gasteiger partial charge is 0.380 e. The molecular weight excluding hydrogens is 244 g/mol. The van der Waals surface area contributed by atoms with Crippen LogP contribution in [0.1, 0.15) is 30.3 Å². The van der Waals surface area contributed by atoms with Gasteiger partial charge < -0.3 is 16.0 Å². The molecule has 1 aliphatic heterocycles. The first-order chi connectivity index (χ1) is 9.19. The molecule has 6 nitrogen and oxygen atoms in total. The second-order valence-corrected chi connectivity index (χ2v) is 4.47. The zero-order valence-corrected chi connectivity index (χ0v) is 10.9. The molecule has 0 aliphatic carbocycles. The zero-order valence-electron chi connectivity index (χ0n) is 10.9. The van der Waals surface area contributed by atoms with Gasteiger partial charge in [-0.3, -0.25) is 14.6 Å². The van der Waals surface area contributed by atoms with E-state index in [1.807, 2.05) is 13.0 Å². The van der Waals surface area contributed by atoms with Gasteiger partial charge in [0.25, 0.3) is 5.91 Å². The van der Waals surface area contributed by atoms with E-state index in [0.717, 1.165) is 12.1 Å². The first kappa shape index (κ1) is 13.3. The molecule has 1 aromatic heterocycles. The molecule has 19 heavy (non-hydrogen) atoms. The summed E-state index contributed by atoms with van der Waals surface area (Å²) in [5.74, 6) is -0.0844. The molecule has 1 fully saturated rings. The first-order valence-corrected chi connectivity index (χ1v) is 6.46. The van der Waals surface area contributed by atoms with Crippen molar-refractivity contribution in [3.05, 3.63) is 24.0 Å². The van der Waals surface area contributed by atoms with Crippen molar-refractivity contribution in [1.29, 1.82) is 0 Å². The maximum absolute atomic E-state index is 11.7. The fraction of sp³-hybridized carbons (Fsp3) is 0.462. The van der Waals surface area contributed by atoms with Gasteiger partial charge in [0.1, 0.15) is 5.69 Å². The Kier molecular flexibility index (Phi) is 4.33. The third-order valence-corrected chi connectivity index (χ3v) is 2.97. The Labute approximate surface area is 112 Å². The molecule has 2 amide bonds. The molecule has 0 aromatic carbocycles. The Morgan fingerprint density at radius 1 is 1.58 bits per heavy atom. The number of rotatable bonds is 4. The van der Waals surface area contributed by atoms with Crippen LogP contribution in [-0.2, 0) is 4.79 Å². The van der Waals surface area contributed by atoms with Crippen LogP contribution in [0.5, 0.6) is 0 Å². The molecule has 1 aromatic rings. The fourth-order valence-corrected chi connectivity index (χ4v) is 1.99. The van der Waals surface area contributed by atoms with Crippen molar-refractivity contribution in [3.8, 4) is 0 Å². The molecule has 2 rings (SSSR count). The van der Waals surface area contributed by atoms with Gasteiger partial charge in [0.2, 0.25) is 5.91 Å². The summed E-state index contributed by atoms with van der Waals surface area (Å²) in [6.07, 6.45) is 2.94. The highest BCUT2D eigenvalue weighted by atomic mass is 16.2. The lowest BCUT2D eigenvalue weighted by molar-refractivity contribution is -0.122. The van der Waals surface area contributed by atoms with Gasteiger partial charge in [-0.1, -0.05) is 0 Å². The normalized spacial score (nSPS) is 18.6. The van der Waals surface area contributed by atoms with Crippen LogP contribution in [0.2, 0.25) is 0 Å². The third-order valence-electron chi connectivity index (χ3n) is 2.97. The van der Waals surface area contributed by atoms with Gasteiger partial charge in [-0.2, -0.15) is 0 Å². The van der Waals surface area contributed by atoms with Crippen LogP contribution in [-0.4, -0.2) is 35.9 Å². The predicted octanol–water partition coefficient (Wildman–Crippen LogP) is 0.522. The predicted molar refractivity (Wildman–Crippen MR) is 71.9 cm³/mol. The van der Waals surface area contributed by atoms with E-state index in [1.54, 1.807) is 12.3 Å². The molecule has 2 heterocycles. The molecule has 3 N–H and O–H groups in total. The van der Waals surface area contributed by atoms with E-state index in [0.29, 0.717) is 25.2 Å². The molecule has 1 unspecified atom stereocenters. The highest BCUT2D eigenvalue weighted by Crippen LogP contribution is 2.13. The van der Waals surface area contributed by atoms with Crippen LogP contribution in [0.15, 0.2) is 18.3 Å². The lowest BCUT2D eigenvalue weighted by Gasteiger charge is -2.24. The Hall–Kier alpha value is -2.11. The summed E-state index contributed by atoms with van der Waals surface area (Å²) in [6, 6.07) is 3.74. The van der Waals surface area contributed by atoms with Crippen LogP contribution >= 0.6 is 0 Å². The minimum atomic E-state index is -0.178. The molecule has 1 aliphatic rings. The lowest BCUT2D eigenvalue weighted by Crippen LogP contribution is -2.41. The van der Waals surface area contributed by atoms with E-state index < -0.39 is 0 Å². The topological polar surface area (TPSA) is 83.1 Å². The molecule has 1 atom stereocenters. The molecular formula is C13H18N4O2. The summed E-state index contributed by atoms with van der Waals surface area (Å²) < 4.78 is 0. The van der Waals surface area contributed by atoms with Gasteiger partial charge in [0.05, 0.1) is 0 Å². The minimum absolute atomic E-state index is 0.0933. The standard InChI is InChI=1S/C13H18N4O2/c1-2-14-13(19)11-7-9(5-6-15-11)17-10-3-4-12(18)16-8-10/h5-7,10H,2-4,8H2,1H3,(H,14,19)(H,15,17)(H,16,18). The zero-order chi connectivity index (χ0) is 13.7. The maximum Gasteiger partial charge on any atom is 0.269 e. The smallest absolute Gasteiger partial charge is 0.269 e. The van der Waals surface area contributed by atoms with E-state index in [1.165, 1.54) is 0 Å². The molecule has 6 heteroatoms. The first-order valence-electron chi connectivity index (χ1n) is 6.46. The van der Waals surface area contributed by atoms with Crippen molar-refractivity contribution >= 4 is 17.5 Å². The molecule has 0 bridgehead atoms. The molecule has 0 radical (unpaired) electrons. The Balaban J connectivity index is 1.99. The SMILES string of the molecule is CCNC(=O)c1cc(NC2CCC(=O)NC2)ccn1.